The van der Waals surface area contributed by atoms with Gasteiger partial charge in [0.1, 0.15) is 5.75 Å². The van der Waals surface area contributed by atoms with Gasteiger partial charge < -0.3 is 9.64 Å². The van der Waals surface area contributed by atoms with Gasteiger partial charge in [-0.05, 0) is 43.2 Å². The van der Waals surface area contributed by atoms with E-state index in [1.54, 1.807) is 11.0 Å². The molecule has 119 valence electrons. The van der Waals surface area contributed by atoms with Crippen LogP contribution in [0.3, 0.4) is 0 Å². The zero-order valence-corrected chi connectivity index (χ0v) is 13.6. The Morgan fingerprint density at radius 1 is 1.17 bits per heavy atom. The standard InChI is InChI=1S/C17H13Cl2FNO2/c18-11-4-3-5-12(8-11)23-16-10-14(19)13(9-15(16)20)17(22)21-6-1-2-7-21/h4-5,8-10H,1-2,6-7H2. The lowest BCUT2D eigenvalue weighted by atomic mass is 10.2. The maximum Gasteiger partial charge on any atom is 0.255 e. The van der Waals surface area contributed by atoms with Gasteiger partial charge in [-0.1, -0.05) is 23.2 Å². The molecule has 0 saturated carbocycles. The van der Waals surface area contributed by atoms with E-state index in [-0.39, 0.29) is 22.2 Å². The summed E-state index contributed by atoms with van der Waals surface area (Å²) in [6.07, 6.45) is 1.91. The number of carbonyl (C=O) groups is 1. The molecule has 3 rings (SSSR count). The van der Waals surface area contributed by atoms with Crippen LogP contribution in [0.15, 0.2) is 30.3 Å². The first-order valence-electron chi connectivity index (χ1n) is 7.17. The normalized spacial score (nSPS) is 14.1. The van der Waals surface area contributed by atoms with E-state index in [1.807, 2.05) is 0 Å². The molecule has 0 spiro atoms. The van der Waals surface area contributed by atoms with Crippen LogP contribution in [-0.2, 0) is 0 Å². The second kappa shape index (κ2) is 6.77. The van der Waals surface area contributed by atoms with E-state index >= 15 is 0 Å². The molecule has 1 amide bonds. The summed E-state index contributed by atoms with van der Waals surface area (Å²) in [5.74, 6) is -0.638. The van der Waals surface area contributed by atoms with Gasteiger partial charge >= 0.3 is 0 Å². The number of carbonyl (C=O) groups excluding carboxylic acids is 1. The minimum Gasteiger partial charge on any atom is -0.454 e. The Morgan fingerprint density at radius 3 is 2.61 bits per heavy atom. The van der Waals surface area contributed by atoms with Crippen molar-refractivity contribution in [2.45, 2.75) is 12.8 Å². The molecule has 1 aliphatic heterocycles. The predicted molar refractivity (Wildman–Crippen MR) is 86.9 cm³/mol. The third-order valence-electron chi connectivity index (χ3n) is 3.60. The van der Waals surface area contributed by atoms with Crippen LogP contribution >= 0.6 is 23.2 Å². The first kappa shape index (κ1) is 16.1. The number of nitrogens with zero attached hydrogens (tertiary/aromatic N) is 1. The number of halogens is 3. The molecule has 0 unspecified atom stereocenters. The Kier molecular flexibility index (Phi) is 4.74. The molecule has 23 heavy (non-hydrogen) atoms. The van der Waals surface area contributed by atoms with Crippen molar-refractivity contribution in [2.75, 3.05) is 13.1 Å². The molecule has 3 nitrogen and oxygen atoms in total. The van der Waals surface area contributed by atoms with Gasteiger partial charge in [0.05, 0.1) is 10.6 Å². The van der Waals surface area contributed by atoms with Crippen LogP contribution in [0.5, 0.6) is 11.5 Å². The highest BCUT2D eigenvalue weighted by Crippen LogP contribution is 2.31. The van der Waals surface area contributed by atoms with Crippen LogP contribution < -0.4 is 4.74 Å². The summed E-state index contributed by atoms with van der Waals surface area (Å²) in [4.78, 5) is 14.0. The van der Waals surface area contributed by atoms with Crippen molar-refractivity contribution >= 4 is 29.1 Å². The summed E-state index contributed by atoms with van der Waals surface area (Å²) in [5, 5.41) is 0.583. The Labute approximate surface area is 143 Å². The summed E-state index contributed by atoms with van der Waals surface area (Å²) < 4.78 is 19.7. The number of hydrogen-bond acceptors (Lipinski definition) is 2. The molecule has 2 aromatic carbocycles. The van der Waals surface area contributed by atoms with Crippen molar-refractivity contribution in [1.29, 1.82) is 0 Å². The van der Waals surface area contributed by atoms with E-state index in [9.17, 15) is 9.18 Å². The van der Waals surface area contributed by atoms with Crippen LogP contribution in [0.4, 0.5) is 4.39 Å². The molecule has 1 saturated heterocycles. The maximum atomic E-state index is 14.3. The Balaban J connectivity index is 1.86. The molecular formula is C17H13Cl2FNO2. The molecule has 1 aliphatic rings. The fraction of sp³-hybridized carbons (Fsp3) is 0.235. The second-order valence-corrected chi connectivity index (χ2v) is 6.09. The van der Waals surface area contributed by atoms with Gasteiger partial charge in [-0.15, -0.1) is 0 Å². The summed E-state index contributed by atoms with van der Waals surface area (Å²) in [6.45, 7) is 1.35. The van der Waals surface area contributed by atoms with Crippen LogP contribution in [0.2, 0.25) is 10.0 Å². The number of ether oxygens (including phenoxy) is 1. The Morgan fingerprint density at radius 2 is 1.91 bits per heavy atom. The van der Waals surface area contributed by atoms with Crippen LogP contribution in [0.25, 0.3) is 0 Å². The van der Waals surface area contributed by atoms with E-state index in [2.05, 4.69) is 6.07 Å². The highest BCUT2D eigenvalue weighted by atomic mass is 35.5. The topological polar surface area (TPSA) is 29.5 Å². The predicted octanol–water partition coefficient (Wildman–Crippen LogP) is 4.96. The lowest BCUT2D eigenvalue weighted by Crippen LogP contribution is -2.27. The molecule has 1 heterocycles. The van der Waals surface area contributed by atoms with E-state index in [0.717, 1.165) is 18.9 Å². The van der Waals surface area contributed by atoms with E-state index in [1.165, 1.54) is 18.2 Å². The molecule has 0 N–H and O–H groups in total. The molecular weight excluding hydrogens is 340 g/mol. The third-order valence-corrected chi connectivity index (χ3v) is 4.13. The maximum absolute atomic E-state index is 14.3. The Bertz CT molecular complexity index is 745. The molecule has 0 aromatic heterocycles. The molecule has 0 bridgehead atoms. The highest BCUT2D eigenvalue weighted by molar-refractivity contribution is 6.34. The smallest absolute Gasteiger partial charge is 0.255 e. The van der Waals surface area contributed by atoms with Gasteiger partial charge in [-0.2, -0.15) is 0 Å². The van der Waals surface area contributed by atoms with Crippen molar-refractivity contribution in [1.82, 2.24) is 4.90 Å². The van der Waals surface area contributed by atoms with Crippen LogP contribution in [-0.4, -0.2) is 23.9 Å². The number of amides is 1. The molecule has 1 radical (unpaired) electrons. The van der Waals surface area contributed by atoms with E-state index < -0.39 is 5.82 Å². The van der Waals surface area contributed by atoms with Gasteiger partial charge in [0.15, 0.2) is 11.6 Å². The number of likely N-dealkylation sites (tertiary alicyclic amines) is 1. The van der Waals surface area contributed by atoms with Gasteiger partial charge in [0.2, 0.25) is 0 Å². The average Bonchev–Trinajstić information content (AvgIpc) is 3.04. The monoisotopic (exact) mass is 352 g/mol. The highest BCUT2D eigenvalue weighted by Gasteiger charge is 2.23. The Hall–Kier alpha value is -1.78. The largest absolute Gasteiger partial charge is 0.454 e. The van der Waals surface area contributed by atoms with Crippen LogP contribution in [0.1, 0.15) is 23.2 Å². The molecule has 0 atom stereocenters. The average molecular weight is 353 g/mol. The van der Waals surface area contributed by atoms with Gasteiger partial charge in [0.25, 0.3) is 5.91 Å². The molecule has 1 fully saturated rings. The van der Waals surface area contributed by atoms with Gasteiger partial charge in [-0.3, -0.25) is 4.79 Å². The fourth-order valence-electron chi connectivity index (χ4n) is 2.47. The molecule has 2 aromatic rings. The first-order chi connectivity index (χ1) is 11.0. The van der Waals surface area contributed by atoms with Crippen molar-refractivity contribution in [3.8, 4) is 11.5 Å². The number of rotatable bonds is 3. The SMILES string of the molecule is O=C(c1cc(F)c(Oc2c[c]cc(Cl)c2)cc1Cl)N1CCCC1. The zero-order chi connectivity index (χ0) is 16.4. The van der Waals surface area contributed by atoms with Gasteiger partial charge in [0, 0.05) is 24.2 Å². The van der Waals surface area contributed by atoms with E-state index in [4.69, 9.17) is 27.9 Å². The summed E-state index contributed by atoms with van der Waals surface area (Å²) in [7, 11) is 0. The summed E-state index contributed by atoms with van der Waals surface area (Å²) in [5.41, 5.74) is 0.149. The minimum atomic E-state index is -0.656. The lowest BCUT2D eigenvalue weighted by Gasteiger charge is -2.17. The van der Waals surface area contributed by atoms with Crippen molar-refractivity contribution in [3.05, 3.63) is 57.8 Å². The van der Waals surface area contributed by atoms with Gasteiger partial charge in [-0.25, -0.2) is 4.39 Å². The minimum absolute atomic E-state index is 0.0661. The second-order valence-electron chi connectivity index (χ2n) is 5.25. The van der Waals surface area contributed by atoms with Crippen molar-refractivity contribution < 1.29 is 13.9 Å². The number of hydrogen-bond donors (Lipinski definition) is 0. The summed E-state index contributed by atoms with van der Waals surface area (Å²) in [6, 6.07) is 9.83. The lowest BCUT2D eigenvalue weighted by molar-refractivity contribution is 0.0792. The molecule has 0 aliphatic carbocycles. The van der Waals surface area contributed by atoms with Crippen molar-refractivity contribution in [2.24, 2.45) is 0 Å². The fourth-order valence-corrected chi connectivity index (χ4v) is 2.87. The third kappa shape index (κ3) is 3.59. The first-order valence-corrected chi connectivity index (χ1v) is 7.93. The summed E-state index contributed by atoms with van der Waals surface area (Å²) >= 11 is 12.0. The zero-order valence-electron chi connectivity index (χ0n) is 12.1. The van der Waals surface area contributed by atoms with E-state index in [0.29, 0.717) is 23.9 Å². The van der Waals surface area contributed by atoms with Crippen molar-refractivity contribution in [3.63, 3.8) is 0 Å². The quantitative estimate of drug-likeness (QED) is 0.781. The van der Waals surface area contributed by atoms with Crippen LogP contribution in [0, 0.1) is 11.9 Å². The molecule has 6 heteroatoms. The number of benzene rings is 2.